The minimum atomic E-state index is -4.84. The number of benzene rings is 1. The number of carbonyl (C=O) groups excluding carboxylic acids is 1. The topological polar surface area (TPSA) is 32.3 Å². The summed E-state index contributed by atoms with van der Waals surface area (Å²) in [5, 5.41) is 2.61. The van der Waals surface area contributed by atoms with Crippen LogP contribution >= 0.6 is 15.9 Å². The molecule has 1 fully saturated rings. The molecule has 1 aromatic rings. The summed E-state index contributed by atoms with van der Waals surface area (Å²) in [6, 6.07) is 1.49. The highest BCUT2D eigenvalue weighted by molar-refractivity contribution is 9.10. The zero-order valence-corrected chi connectivity index (χ0v) is 13.4. The van der Waals surface area contributed by atoms with E-state index in [1.165, 1.54) is 0 Å². The SMILES string of the molecule is CN1CCC(NC(=O)c2c(Br)ccc(C(F)(F)F)c2F)CC1. The molecule has 22 heavy (non-hydrogen) atoms. The van der Waals surface area contributed by atoms with Gasteiger partial charge in [0.15, 0.2) is 0 Å². The van der Waals surface area contributed by atoms with Crippen molar-refractivity contribution in [3.8, 4) is 0 Å². The Kier molecular flexibility index (Phi) is 5.11. The van der Waals surface area contributed by atoms with E-state index in [9.17, 15) is 22.4 Å². The lowest BCUT2D eigenvalue weighted by atomic mass is 10.0. The van der Waals surface area contributed by atoms with E-state index in [4.69, 9.17) is 0 Å². The van der Waals surface area contributed by atoms with E-state index in [-0.39, 0.29) is 10.5 Å². The van der Waals surface area contributed by atoms with Gasteiger partial charge in [-0.1, -0.05) is 0 Å². The first-order chi connectivity index (χ1) is 10.2. The van der Waals surface area contributed by atoms with Crippen LogP contribution in [0, 0.1) is 5.82 Å². The summed E-state index contributed by atoms with van der Waals surface area (Å²) in [5.41, 5.74) is -2.04. The maximum absolute atomic E-state index is 14.1. The molecule has 2 rings (SSSR count). The Bertz CT molecular complexity index is 569. The molecule has 1 heterocycles. The molecule has 1 saturated heterocycles. The van der Waals surface area contributed by atoms with Gasteiger partial charge in [0.2, 0.25) is 0 Å². The van der Waals surface area contributed by atoms with Crippen molar-refractivity contribution in [2.24, 2.45) is 0 Å². The fourth-order valence-electron chi connectivity index (χ4n) is 2.39. The number of alkyl halides is 3. The third kappa shape index (κ3) is 3.78. The van der Waals surface area contributed by atoms with Crippen LogP contribution in [0.1, 0.15) is 28.8 Å². The van der Waals surface area contributed by atoms with Gasteiger partial charge in [0.05, 0.1) is 11.1 Å². The Hall–Kier alpha value is -1.15. The van der Waals surface area contributed by atoms with E-state index >= 15 is 0 Å². The molecule has 0 bridgehead atoms. The Labute approximate surface area is 133 Å². The molecule has 0 radical (unpaired) electrons. The number of amides is 1. The molecule has 0 atom stereocenters. The first kappa shape index (κ1) is 17.2. The van der Waals surface area contributed by atoms with Crippen molar-refractivity contribution in [3.63, 3.8) is 0 Å². The van der Waals surface area contributed by atoms with E-state index < -0.39 is 29.0 Å². The lowest BCUT2D eigenvalue weighted by Gasteiger charge is -2.29. The van der Waals surface area contributed by atoms with Gasteiger partial charge in [-0.15, -0.1) is 0 Å². The van der Waals surface area contributed by atoms with Crippen molar-refractivity contribution in [1.82, 2.24) is 10.2 Å². The van der Waals surface area contributed by atoms with Gasteiger partial charge in [-0.25, -0.2) is 4.39 Å². The maximum Gasteiger partial charge on any atom is 0.419 e. The van der Waals surface area contributed by atoms with E-state index in [2.05, 4.69) is 26.1 Å². The minimum Gasteiger partial charge on any atom is -0.349 e. The molecule has 1 N–H and O–H groups in total. The second-order valence-corrected chi connectivity index (χ2v) is 6.19. The molecular formula is C14H15BrF4N2O. The molecule has 0 spiro atoms. The summed E-state index contributed by atoms with van der Waals surface area (Å²) in [5.74, 6) is -2.38. The second-order valence-electron chi connectivity index (χ2n) is 5.33. The van der Waals surface area contributed by atoms with Gasteiger partial charge < -0.3 is 10.2 Å². The van der Waals surface area contributed by atoms with E-state index in [0.717, 1.165) is 19.2 Å². The van der Waals surface area contributed by atoms with Crippen LogP contribution in [0.5, 0.6) is 0 Å². The molecule has 0 saturated carbocycles. The number of halogens is 5. The lowest BCUT2D eigenvalue weighted by molar-refractivity contribution is -0.140. The van der Waals surface area contributed by atoms with Gasteiger partial charge >= 0.3 is 6.18 Å². The van der Waals surface area contributed by atoms with Gasteiger partial charge in [0, 0.05) is 10.5 Å². The van der Waals surface area contributed by atoms with Crippen molar-refractivity contribution in [3.05, 3.63) is 33.5 Å². The van der Waals surface area contributed by atoms with Crippen LogP contribution in [-0.4, -0.2) is 37.0 Å². The van der Waals surface area contributed by atoms with Crippen LogP contribution in [0.4, 0.5) is 17.6 Å². The first-order valence-electron chi connectivity index (χ1n) is 6.74. The third-order valence-corrected chi connectivity index (χ3v) is 4.34. The van der Waals surface area contributed by atoms with E-state index in [1.807, 2.05) is 7.05 Å². The summed E-state index contributed by atoms with van der Waals surface area (Å²) >= 11 is 2.95. The van der Waals surface area contributed by atoms with Crippen LogP contribution < -0.4 is 5.32 Å². The zero-order chi connectivity index (χ0) is 16.5. The number of carbonyl (C=O) groups is 1. The van der Waals surface area contributed by atoms with E-state index in [0.29, 0.717) is 18.9 Å². The van der Waals surface area contributed by atoms with Crippen molar-refractivity contribution in [2.45, 2.75) is 25.1 Å². The largest absolute Gasteiger partial charge is 0.419 e. The molecule has 1 amide bonds. The molecule has 3 nitrogen and oxygen atoms in total. The number of hydrogen-bond acceptors (Lipinski definition) is 2. The van der Waals surface area contributed by atoms with Gasteiger partial charge in [-0.3, -0.25) is 4.79 Å². The van der Waals surface area contributed by atoms with Crippen LogP contribution in [0.2, 0.25) is 0 Å². The summed E-state index contributed by atoms with van der Waals surface area (Å²) in [4.78, 5) is 14.2. The molecule has 0 unspecified atom stereocenters. The molecule has 0 aliphatic carbocycles. The normalized spacial score (nSPS) is 17.5. The number of nitrogens with zero attached hydrogens (tertiary/aromatic N) is 1. The molecule has 8 heteroatoms. The third-order valence-electron chi connectivity index (χ3n) is 3.68. The predicted octanol–water partition coefficient (Wildman–Crippen LogP) is 3.43. The average Bonchev–Trinajstić information content (AvgIpc) is 2.40. The monoisotopic (exact) mass is 382 g/mol. The van der Waals surface area contributed by atoms with Crippen LogP contribution in [-0.2, 0) is 6.18 Å². The Morgan fingerprint density at radius 1 is 1.32 bits per heavy atom. The fraction of sp³-hybridized carbons (Fsp3) is 0.500. The predicted molar refractivity (Wildman–Crippen MR) is 77.1 cm³/mol. The smallest absolute Gasteiger partial charge is 0.349 e. The van der Waals surface area contributed by atoms with Gasteiger partial charge in [-0.2, -0.15) is 13.2 Å². The highest BCUT2D eigenvalue weighted by atomic mass is 79.9. The molecule has 1 aromatic carbocycles. The maximum atomic E-state index is 14.1. The number of likely N-dealkylation sites (tertiary alicyclic amines) is 1. The van der Waals surface area contributed by atoms with Gasteiger partial charge in [0.1, 0.15) is 5.82 Å². The number of piperidine rings is 1. The summed E-state index contributed by atoms with van der Waals surface area (Å²) in [6.07, 6.45) is -3.48. The van der Waals surface area contributed by atoms with Crippen molar-refractivity contribution in [2.75, 3.05) is 20.1 Å². The summed E-state index contributed by atoms with van der Waals surface area (Å²) in [6.45, 7) is 1.55. The first-order valence-corrected chi connectivity index (χ1v) is 7.54. The van der Waals surface area contributed by atoms with Crippen molar-refractivity contribution in [1.29, 1.82) is 0 Å². The summed E-state index contributed by atoms with van der Waals surface area (Å²) in [7, 11) is 1.95. The van der Waals surface area contributed by atoms with Crippen LogP contribution in [0.3, 0.4) is 0 Å². The molecular weight excluding hydrogens is 368 g/mol. The van der Waals surface area contributed by atoms with Crippen LogP contribution in [0.25, 0.3) is 0 Å². The Morgan fingerprint density at radius 3 is 2.45 bits per heavy atom. The molecule has 0 aromatic heterocycles. The summed E-state index contributed by atoms with van der Waals surface area (Å²) < 4.78 is 52.3. The van der Waals surface area contributed by atoms with Gasteiger partial charge in [0.25, 0.3) is 5.91 Å². The molecule has 1 aliphatic heterocycles. The van der Waals surface area contributed by atoms with Gasteiger partial charge in [-0.05, 0) is 61.0 Å². The Morgan fingerprint density at radius 2 is 1.91 bits per heavy atom. The molecule has 122 valence electrons. The van der Waals surface area contributed by atoms with E-state index in [1.54, 1.807) is 0 Å². The highest BCUT2D eigenvalue weighted by Crippen LogP contribution is 2.35. The zero-order valence-electron chi connectivity index (χ0n) is 11.8. The second kappa shape index (κ2) is 6.54. The van der Waals surface area contributed by atoms with Crippen molar-refractivity contribution >= 4 is 21.8 Å². The Balaban J connectivity index is 2.22. The fourth-order valence-corrected chi connectivity index (χ4v) is 2.88. The van der Waals surface area contributed by atoms with Crippen LogP contribution in [0.15, 0.2) is 16.6 Å². The minimum absolute atomic E-state index is 0.00317. The average molecular weight is 383 g/mol. The number of rotatable bonds is 2. The quantitative estimate of drug-likeness (QED) is 0.794. The lowest BCUT2D eigenvalue weighted by Crippen LogP contribution is -2.43. The highest BCUT2D eigenvalue weighted by Gasteiger charge is 2.37. The van der Waals surface area contributed by atoms with Crippen molar-refractivity contribution < 1.29 is 22.4 Å². The number of hydrogen-bond donors (Lipinski definition) is 1. The standard InChI is InChI=1S/C14H15BrF4N2O/c1-21-6-4-8(5-7-21)20-13(22)11-10(15)3-2-9(12(11)16)14(17,18)19/h2-3,8H,4-7H2,1H3,(H,20,22). The molecule has 1 aliphatic rings. The number of nitrogens with one attached hydrogen (secondary N) is 1.